The lowest BCUT2D eigenvalue weighted by Gasteiger charge is -2.30. The Kier molecular flexibility index (Phi) is 3.12. The van der Waals surface area contributed by atoms with E-state index in [0.717, 1.165) is 0 Å². The summed E-state index contributed by atoms with van der Waals surface area (Å²) in [5, 5.41) is 0. The predicted octanol–water partition coefficient (Wildman–Crippen LogP) is -0.220. The van der Waals surface area contributed by atoms with Gasteiger partial charge in [-0.3, -0.25) is 14.6 Å². The number of nitrogens with one attached hydrogen (secondary N) is 1. The number of anilines is 1. The molecule has 1 aromatic heterocycles. The fourth-order valence-electron chi connectivity index (χ4n) is 2.09. The van der Waals surface area contributed by atoms with Gasteiger partial charge in [0.2, 0.25) is 11.9 Å². The summed E-state index contributed by atoms with van der Waals surface area (Å²) in [6.07, 6.45) is 1.43. The maximum Gasteiger partial charge on any atom is 0.252 e. The van der Waals surface area contributed by atoms with Crippen LogP contribution in [0.2, 0.25) is 0 Å². The molecule has 2 rings (SSSR count). The number of hydrogen-bond acceptors (Lipinski definition) is 4. The Bertz CT molecular complexity index is 475. The van der Waals surface area contributed by atoms with Crippen molar-refractivity contribution in [2.24, 2.45) is 11.7 Å². The van der Waals surface area contributed by atoms with Crippen LogP contribution < -0.4 is 16.2 Å². The topological polar surface area (TPSA) is 92.1 Å². The molecule has 0 spiro atoms. The molecule has 2 heterocycles. The number of amides is 1. The Balaban J connectivity index is 2.10. The number of carbonyl (C=O) groups excluding carboxylic acids is 1. The van der Waals surface area contributed by atoms with Gasteiger partial charge in [0.1, 0.15) is 0 Å². The maximum atomic E-state index is 11.3. The molecule has 1 aromatic rings. The zero-order valence-corrected chi connectivity index (χ0v) is 9.77. The Labute approximate surface area is 98.8 Å². The van der Waals surface area contributed by atoms with E-state index in [0.29, 0.717) is 37.6 Å². The summed E-state index contributed by atoms with van der Waals surface area (Å²) in [6, 6.07) is 1.46. The zero-order chi connectivity index (χ0) is 12.4. The van der Waals surface area contributed by atoms with Gasteiger partial charge in [-0.25, -0.2) is 4.98 Å². The molecule has 0 saturated carbocycles. The minimum absolute atomic E-state index is 0.0530. The molecule has 0 aromatic carbocycles. The van der Waals surface area contributed by atoms with E-state index in [1.807, 2.05) is 4.90 Å². The highest BCUT2D eigenvalue weighted by Gasteiger charge is 2.24. The molecule has 1 fully saturated rings. The van der Waals surface area contributed by atoms with Gasteiger partial charge in [0.15, 0.2) is 0 Å². The lowest BCUT2D eigenvalue weighted by atomic mass is 9.96. The summed E-state index contributed by atoms with van der Waals surface area (Å²) < 4.78 is 0. The summed E-state index contributed by atoms with van der Waals surface area (Å²) in [5.74, 6) is 0.288. The van der Waals surface area contributed by atoms with Crippen LogP contribution in [0.25, 0.3) is 0 Å². The van der Waals surface area contributed by atoms with Gasteiger partial charge < -0.3 is 10.6 Å². The van der Waals surface area contributed by atoms with E-state index >= 15 is 0 Å². The monoisotopic (exact) mass is 236 g/mol. The summed E-state index contributed by atoms with van der Waals surface area (Å²) in [4.78, 5) is 31.3. The van der Waals surface area contributed by atoms with E-state index in [1.54, 1.807) is 6.92 Å². The molecule has 1 aliphatic rings. The van der Waals surface area contributed by atoms with Crippen LogP contribution in [-0.2, 0) is 4.79 Å². The number of aryl methyl sites for hydroxylation is 1. The first kappa shape index (κ1) is 11.6. The van der Waals surface area contributed by atoms with Crippen LogP contribution in [0.5, 0.6) is 0 Å². The van der Waals surface area contributed by atoms with E-state index in [9.17, 15) is 9.59 Å². The van der Waals surface area contributed by atoms with E-state index in [-0.39, 0.29) is 17.4 Å². The number of primary amides is 1. The SMILES string of the molecule is Cc1cc(=O)[nH]c(N2CCC(C(N)=O)CC2)n1. The molecule has 0 radical (unpaired) electrons. The molecule has 1 aliphatic heterocycles. The third kappa shape index (κ3) is 2.64. The number of H-pyrrole nitrogens is 1. The highest BCUT2D eigenvalue weighted by Crippen LogP contribution is 2.19. The minimum atomic E-state index is -0.240. The number of aromatic nitrogens is 2. The van der Waals surface area contributed by atoms with Crippen LogP contribution in [-0.4, -0.2) is 29.0 Å². The zero-order valence-electron chi connectivity index (χ0n) is 9.77. The fraction of sp³-hybridized carbons (Fsp3) is 0.545. The molecule has 0 unspecified atom stereocenters. The number of carbonyl (C=O) groups is 1. The second-order valence-electron chi connectivity index (χ2n) is 4.37. The first-order valence-corrected chi connectivity index (χ1v) is 5.68. The van der Waals surface area contributed by atoms with Crippen molar-refractivity contribution in [3.05, 3.63) is 22.1 Å². The number of piperidine rings is 1. The summed E-state index contributed by atoms with van der Waals surface area (Å²) >= 11 is 0. The second-order valence-corrected chi connectivity index (χ2v) is 4.37. The third-order valence-corrected chi connectivity index (χ3v) is 3.05. The highest BCUT2D eigenvalue weighted by atomic mass is 16.1. The normalized spacial score (nSPS) is 17.1. The Morgan fingerprint density at radius 3 is 2.71 bits per heavy atom. The molecule has 0 bridgehead atoms. The molecule has 6 heteroatoms. The largest absolute Gasteiger partial charge is 0.369 e. The van der Waals surface area contributed by atoms with E-state index in [1.165, 1.54) is 6.07 Å². The first-order valence-electron chi connectivity index (χ1n) is 5.68. The van der Waals surface area contributed by atoms with Gasteiger partial charge in [0.05, 0.1) is 0 Å². The number of hydrogen-bond donors (Lipinski definition) is 2. The van der Waals surface area contributed by atoms with Crippen LogP contribution in [0.3, 0.4) is 0 Å². The molecule has 17 heavy (non-hydrogen) atoms. The number of rotatable bonds is 2. The van der Waals surface area contributed by atoms with Crippen molar-refractivity contribution >= 4 is 11.9 Å². The van der Waals surface area contributed by atoms with Crippen LogP contribution in [0.4, 0.5) is 5.95 Å². The third-order valence-electron chi connectivity index (χ3n) is 3.05. The van der Waals surface area contributed by atoms with Gasteiger partial charge in [0.25, 0.3) is 5.56 Å². The quantitative estimate of drug-likeness (QED) is 0.742. The Morgan fingerprint density at radius 2 is 2.18 bits per heavy atom. The minimum Gasteiger partial charge on any atom is -0.369 e. The van der Waals surface area contributed by atoms with E-state index in [4.69, 9.17) is 5.73 Å². The molecule has 92 valence electrons. The summed E-state index contributed by atoms with van der Waals surface area (Å²) in [6.45, 7) is 3.18. The van der Waals surface area contributed by atoms with Crippen molar-refractivity contribution in [1.82, 2.24) is 9.97 Å². The number of nitrogens with two attached hydrogens (primary N) is 1. The number of nitrogens with zero attached hydrogens (tertiary/aromatic N) is 2. The van der Waals surface area contributed by atoms with Crippen LogP contribution in [0.15, 0.2) is 10.9 Å². The molecule has 3 N–H and O–H groups in total. The second kappa shape index (κ2) is 4.57. The lowest BCUT2D eigenvalue weighted by Crippen LogP contribution is -2.40. The molecule has 1 amide bonds. The fourth-order valence-corrected chi connectivity index (χ4v) is 2.09. The summed E-state index contributed by atoms with van der Waals surface area (Å²) in [7, 11) is 0. The Hall–Kier alpha value is -1.85. The Morgan fingerprint density at radius 1 is 1.53 bits per heavy atom. The van der Waals surface area contributed by atoms with Crippen molar-refractivity contribution < 1.29 is 4.79 Å². The molecule has 0 atom stereocenters. The highest BCUT2D eigenvalue weighted by molar-refractivity contribution is 5.76. The predicted molar refractivity (Wildman–Crippen MR) is 63.7 cm³/mol. The van der Waals surface area contributed by atoms with Crippen LogP contribution >= 0.6 is 0 Å². The average Bonchev–Trinajstić information content (AvgIpc) is 2.28. The lowest BCUT2D eigenvalue weighted by molar-refractivity contribution is -0.122. The molecular weight excluding hydrogens is 220 g/mol. The van der Waals surface area contributed by atoms with Crippen molar-refractivity contribution in [3.63, 3.8) is 0 Å². The first-order chi connectivity index (χ1) is 8.06. The van der Waals surface area contributed by atoms with Gasteiger partial charge in [-0.2, -0.15) is 0 Å². The van der Waals surface area contributed by atoms with Gasteiger partial charge in [-0.1, -0.05) is 0 Å². The van der Waals surface area contributed by atoms with Crippen molar-refractivity contribution in [2.75, 3.05) is 18.0 Å². The average molecular weight is 236 g/mol. The summed E-state index contributed by atoms with van der Waals surface area (Å²) in [5.41, 5.74) is 5.82. The van der Waals surface area contributed by atoms with Crippen molar-refractivity contribution in [2.45, 2.75) is 19.8 Å². The van der Waals surface area contributed by atoms with Gasteiger partial charge in [-0.15, -0.1) is 0 Å². The van der Waals surface area contributed by atoms with Crippen molar-refractivity contribution in [3.8, 4) is 0 Å². The van der Waals surface area contributed by atoms with E-state index in [2.05, 4.69) is 9.97 Å². The smallest absolute Gasteiger partial charge is 0.252 e. The number of aromatic amines is 1. The van der Waals surface area contributed by atoms with Gasteiger partial charge >= 0.3 is 0 Å². The maximum absolute atomic E-state index is 11.3. The van der Waals surface area contributed by atoms with Crippen molar-refractivity contribution in [1.29, 1.82) is 0 Å². The van der Waals surface area contributed by atoms with Gasteiger partial charge in [0, 0.05) is 30.8 Å². The molecule has 0 aliphatic carbocycles. The van der Waals surface area contributed by atoms with Crippen LogP contribution in [0.1, 0.15) is 18.5 Å². The molecule has 6 nitrogen and oxygen atoms in total. The molecular formula is C11H16N4O2. The van der Waals surface area contributed by atoms with Crippen LogP contribution in [0, 0.1) is 12.8 Å². The van der Waals surface area contributed by atoms with Gasteiger partial charge in [-0.05, 0) is 19.8 Å². The molecule has 1 saturated heterocycles. The van der Waals surface area contributed by atoms with E-state index < -0.39 is 0 Å². The standard InChI is InChI=1S/C11H16N4O2/c1-7-6-9(16)14-11(13-7)15-4-2-8(3-5-15)10(12)17/h6,8H,2-5H2,1H3,(H2,12,17)(H,13,14,16).